The molecular weight excluding hydrogens is 408 g/mol. The normalized spacial score (nSPS) is 17.1. The highest BCUT2D eigenvalue weighted by atomic mass is 35.5. The van der Waals surface area contributed by atoms with Crippen molar-refractivity contribution in [3.63, 3.8) is 0 Å². The number of benzene rings is 1. The van der Waals surface area contributed by atoms with E-state index in [9.17, 15) is 0 Å². The summed E-state index contributed by atoms with van der Waals surface area (Å²) >= 11 is 6.29. The van der Waals surface area contributed by atoms with Gasteiger partial charge in [0.15, 0.2) is 0 Å². The fourth-order valence-electron chi connectivity index (χ4n) is 4.41. The summed E-state index contributed by atoms with van der Waals surface area (Å²) in [5.74, 6) is 1.10. The van der Waals surface area contributed by atoms with Crippen LogP contribution in [-0.4, -0.2) is 51.8 Å². The summed E-state index contributed by atoms with van der Waals surface area (Å²) in [4.78, 5) is 14.1. The molecule has 1 atom stereocenters. The van der Waals surface area contributed by atoms with E-state index in [2.05, 4.69) is 39.6 Å². The first kappa shape index (κ1) is 21.8. The van der Waals surface area contributed by atoms with Crippen LogP contribution >= 0.6 is 11.6 Å². The predicted molar refractivity (Wildman–Crippen MR) is 127 cm³/mol. The zero-order chi connectivity index (χ0) is 22.0. The van der Waals surface area contributed by atoms with Crippen LogP contribution < -0.4 is 4.90 Å². The number of likely N-dealkylation sites (tertiary alicyclic amines) is 1. The monoisotopic (exact) mass is 438 g/mol. The molecule has 164 valence electrons. The van der Waals surface area contributed by atoms with E-state index in [1.54, 1.807) is 0 Å². The Morgan fingerprint density at radius 3 is 2.77 bits per heavy atom. The maximum Gasteiger partial charge on any atom is 0.225 e. The molecule has 1 aliphatic rings. The van der Waals surface area contributed by atoms with Crippen molar-refractivity contribution in [3.8, 4) is 11.1 Å². The molecule has 0 spiro atoms. The van der Waals surface area contributed by atoms with E-state index in [4.69, 9.17) is 16.6 Å². The van der Waals surface area contributed by atoms with Crippen LogP contribution in [-0.2, 0) is 13.1 Å². The molecule has 0 amide bonds. The maximum absolute atomic E-state index is 6.29. The van der Waals surface area contributed by atoms with E-state index in [1.807, 2.05) is 49.6 Å². The maximum atomic E-state index is 6.29. The number of piperidine rings is 1. The van der Waals surface area contributed by atoms with Crippen LogP contribution in [0.1, 0.15) is 42.6 Å². The van der Waals surface area contributed by atoms with Crippen molar-refractivity contribution >= 4 is 17.5 Å². The van der Waals surface area contributed by atoms with Crippen LogP contribution in [0.2, 0.25) is 5.02 Å². The van der Waals surface area contributed by atoms with Gasteiger partial charge in [0, 0.05) is 67.7 Å². The van der Waals surface area contributed by atoms with Crippen LogP contribution in [0.25, 0.3) is 11.1 Å². The average molecular weight is 439 g/mol. The van der Waals surface area contributed by atoms with Crippen LogP contribution in [0.3, 0.4) is 0 Å². The molecule has 6 nitrogen and oxygen atoms in total. The minimum atomic E-state index is 0.353. The predicted octanol–water partition coefficient (Wildman–Crippen LogP) is 4.77. The second-order valence-electron chi connectivity index (χ2n) is 8.52. The molecule has 2 aromatic heterocycles. The van der Waals surface area contributed by atoms with Crippen molar-refractivity contribution in [1.29, 1.82) is 0 Å². The molecular formula is C24H31ClN6. The highest BCUT2D eigenvalue weighted by Crippen LogP contribution is 2.35. The molecule has 0 aliphatic carbocycles. The van der Waals surface area contributed by atoms with Gasteiger partial charge in [-0.25, -0.2) is 9.97 Å². The summed E-state index contributed by atoms with van der Waals surface area (Å²) in [5, 5.41) is 5.25. The highest BCUT2D eigenvalue weighted by Gasteiger charge is 2.26. The van der Waals surface area contributed by atoms with Crippen LogP contribution in [0.5, 0.6) is 0 Å². The number of halogens is 1. The summed E-state index contributed by atoms with van der Waals surface area (Å²) in [6, 6.07) is 7.98. The fraction of sp³-hybridized carbons (Fsp3) is 0.458. The number of nitrogens with zero attached hydrogens (tertiary/aromatic N) is 6. The number of hydrogen-bond donors (Lipinski definition) is 0. The molecule has 4 rings (SSSR count). The van der Waals surface area contributed by atoms with E-state index < -0.39 is 0 Å². The van der Waals surface area contributed by atoms with E-state index in [0.29, 0.717) is 5.92 Å². The Kier molecular flexibility index (Phi) is 6.58. The number of anilines is 1. The van der Waals surface area contributed by atoms with E-state index in [0.717, 1.165) is 66.8 Å². The average Bonchev–Trinajstić information content (AvgIpc) is 3.12. The van der Waals surface area contributed by atoms with Gasteiger partial charge in [-0.2, -0.15) is 5.10 Å². The van der Waals surface area contributed by atoms with Gasteiger partial charge < -0.3 is 4.90 Å². The Bertz CT molecular complexity index is 1040. The number of aryl methyl sites for hydroxylation is 1. The second-order valence-corrected chi connectivity index (χ2v) is 8.96. The van der Waals surface area contributed by atoms with Gasteiger partial charge in [-0.3, -0.25) is 9.58 Å². The smallest absolute Gasteiger partial charge is 0.225 e. The Hall–Kier alpha value is -2.44. The molecule has 3 heterocycles. The van der Waals surface area contributed by atoms with E-state index >= 15 is 0 Å². The Labute approximate surface area is 189 Å². The van der Waals surface area contributed by atoms with E-state index in [1.165, 1.54) is 11.3 Å². The molecule has 3 aromatic rings. The number of hydrogen-bond acceptors (Lipinski definition) is 5. The fourth-order valence-corrected chi connectivity index (χ4v) is 4.60. The quantitative estimate of drug-likeness (QED) is 0.555. The molecule has 0 bridgehead atoms. The first-order chi connectivity index (χ1) is 15.0. The van der Waals surface area contributed by atoms with Crippen LogP contribution in [0, 0.1) is 6.92 Å². The number of rotatable bonds is 6. The Balaban J connectivity index is 1.63. The minimum Gasteiger partial charge on any atom is -0.347 e. The molecule has 1 fully saturated rings. The van der Waals surface area contributed by atoms with Crippen molar-refractivity contribution in [2.75, 3.05) is 32.1 Å². The second kappa shape index (κ2) is 9.37. The van der Waals surface area contributed by atoms with Crippen molar-refractivity contribution in [3.05, 3.63) is 58.6 Å². The van der Waals surface area contributed by atoms with Gasteiger partial charge in [-0.1, -0.05) is 23.7 Å². The third-order valence-corrected chi connectivity index (χ3v) is 6.37. The van der Waals surface area contributed by atoms with Gasteiger partial charge in [0.25, 0.3) is 0 Å². The van der Waals surface area contributed by atoms with Crippen molar-refractivity contribution in [1.82, 2.24) is 24.6 Å². The molecule has 1 saturated heterocycles. The molecule has 1 aromatic carbocycles. The standard InChI is InChI=1S/C24H31ClN6/c1-5-31-17(2)20(13-27-31)16-30-11-7-9-19(15-30)23-22(14-26-24(28-23)29(3)4)18-8-6-10-21(25)12-18/h6,8,10,12-14,19H,5,7,9,11,15-16H2,1-4H3. The third-order valence-electron chi connectivity index (χ3n) is 6.13. The molecule has 7 heteroatoms. The lowest BCUT2D eigenvalue weighted by Crippen LogP contribution is -2.34. The molecule has 31 heavy (non-hydrogen) atoms. The van der Waals surface area contributed by atoms with Gasteiger partial charge >= 0.3 is 0 Å². The SMILES string of the molecule is CCn1ncc(CN2CCCC(c3nc(N(C)C)ncc3-c3cccc(Cl)c3)C2)c1C. The summed E-state index contributed by atoms with van der Waals surface area (Å²) in [6.45, 7) is 8.22. The van der Waals surface area contributed by atoms with Crippen LogP contribution in [0.4, 0.5) is 5.95 Å². The zero-order valence-electron chi connectivity index (χ0n) is 18.8. The topological polar surface area (TPSA) is 50.1 Å². The summed E-state index contributed by atoms with van der Waals surface area (Å²) < 4.78 is 2.07. The summed E-state index contributed by atoms with van der Waals surface area (Å²) in [5.41, 5.74) is 5.85. The Morgan fingerprint density at radius 1 is 1.23 bits per heavy atom. The molecule has 0 saturated carbocycles. The summed E-state index contributed by atoms with van der Waals surface area (Å²) in [7, 11) is 3.97. The van der Waals surface area contributed by atoms with Gasteiger partial charge in [-0.15, -0.1) is 0 Å². The van der Waals surface area contributed by atoms with Gasteiger partial charge in [0.1, 0.15) is 0 Å². The molecule has 0 radical (unpaired) electrons. The largest absolute Gasteiger partial charge is 0.347 e. The first-order valence-corrected chi connectivity index (χ1v) is 11.4. The van der Waals surface area contributed by atoms with Gasteiger partial charge in [0.05, 0.1) is 11.9 Å². The van der Waals surface area contributed by atoms with Crippen molar-refractivity contribution < 1.29 is 0 Å². The molecule has 0 N–H and O–H groups in total. The lowest BCUT2D eigenvalue weighted by Gasteiger charge is -2.33. The number of aromatic nitrogens is 4. The van der Waals surface area contributed by atoms with Crippen LogP contribution in [0.15, 0.2) is 36.7 Å². The highest BCUT2D eigenvalue weighted by molar-refractivity contribution is 6.30. The lowest BCUT2D eigenvalue weighted by molar-refractivity contribution is 0.198. The first-order valence-electron chi connectivity index (χ1n) is 11.0. The third kappa shape index (κ3) is 4.75. The van der Waals surface area contributed by atoms with E-state index in [-0.39, 0.29) is 0 Å². The van der Waals surface area contributed by atoms with Gasteiger partial charge in [0.2, 0.25) is 5.95 Å². The van der Waals surface area contributed by atoms with Crippen molar-refractivity contribution in [2.24, 2.45) is 0 Å². The molecule has 1 unspecified atom stereocenters. The molecule has 1 aliphatic heterocycles. The Morgan fingerprint density at radius 2 is 2.06 bits per heavy atom. The van der Waals surface area contributed by atoms with Gasteiger partial charge in [-0.05, 0) is 50.9 Å². The summed E-state index contributed by atoms with van der Waals surface area (Å²) in [6.07, 6.45) is 6.26. The lowest BCUT2D eigenvalue weighted by atomic mass is 9.89. The van der Waals surface area contributed by atoms with Crippen molar-refractivity contribution in [2.45, 2.75) is 45.7 Å². The minimum absolute atomic E-state index is 0.353. The zero-order valence-corrected chi connectivity index (χ0v) is 19.6.